The molecule has 1 heterocycles. The summed E-state index contributed by atoms with van der Waals surface area (Å²) >= 11 is 0. The van der Waals surface area contributed by atoms with Gasteiger partial charge in [-0.2, -0.15) is 0 Å². The van der Waals surface area contributed by atoms with Crippen molar-refractivity contribution in [1.82, 2.24) is 4.90 Å². The first-order chi connectivity index (χ1) is 6.81. The highest BCUT2D eigenvalue weighted by molar-refractivity contribution is 5.79. The van der Waals surface area contributed by atoms with Gasteiger partial charge in [-0.3, -0.25) is 4.79 Å². The minimum absolute atomic E-state index is 0.231. The summed E-state index contributed by atoms with van der Waals surface area (Å²) < 4.78 is 0. The maximum atomic E-state index is 12.0. The number of carbonyl (C=O) groups excluding carboxylic acids is 1. The van der Waals surface area contributed by atoms with Gasteiger partial charge in [-0.25, -0.2) is 0 Å². The molecule has 2 rings (SSSR count). The Morgan fingerprint density at radius 1 is 1.29 bits per heavy atom. The molecule has 1 N–H and O–H groups in total. The maximum Gasteiger partial charge on any atom is 0.225 e. The van der Waals surface area contributed by atoms with E-state index in [2.05, 4.69) is 0 Å². The summed E-state index contributed by atoms with van der Waals surface area (Å²) in [6.07, 6.45) is 5.58. The van der Waals surface area contributed by atoms with Crippen LogP contribution in [0.4, 0.5) is 0 Å². The average Bonchev–Trinajstić information content (AvgIpc) is 2.88. The Balaban J connectivity index is 1.86. The molecule has 0 bridgehead atoms. The van der Waals surface area contributed by atoms with E-state index in [0.717, 1.165) is 32.4 Å². The van der Waals surface area contributed by atoms with Crippen molar-refractivity contribution >= 4 is 5.91 Å². The van der Waals surface area contributed by atoms with Gasteiger partial charge in [-0.1, -0.05) is 12.8 Å². The second-order valence-electron chi connectivity index (χ2n) is 4.60. The second-order valence-corrected chi connectivity index (χ2v) is 4.60. The molecule has 0 spiro atoms. The molecule has 2 aliphatic rings. The van der Waals surface area contributed by atoms with Crippen LogP contribution in [-0.4, -0.2) is 35.6 Å². The standard InChI is InChI=1S/C11H19NO2/c13-8-9-5-6-12(7-9)11(14)10-3-1-2-4-10/h9-10,13H,1-8H2/t9-/m1/s1. The first-order valence-corrected chi connectivity index (χ1v) is 5.71. The number of aliphatic hydroxyl groups excluding tert-OH is 1. The molecule has 1 aliphatic heterocycles. The summed E-state index contributed by atoms with van der Waals surface area (Å²) in [5.74, 6) is 0.978. The Bertz CT molecular complexity index is 211. The van der Waals surface area contributed by atoms with E-state index in [1.165, 1.54) is 12.8 Å². The number of nitrogens with zero attached hydrogens (tertiary/aromatic N) is 1. The fourth-order valence-corrected chi connectivity index (χ4v) is 2.61. The lowest BCUT2D eigenvalue weighted by Crippen LogP contribution is -2.33. The van der Waals surface area contributed by atoms with Crippen LogP contribution >= 0.6 is 0 Å². The fourth-order valence-electron chi connectivity index (χ4n) is 2.61. The molecule has 0 unspecified atom stereocenters. The van der Waals surface area contributed by atoms with Crippen LogP contribution in [0.5, 0.6) is 0 Å². The molecule has 1 atom stereocenters. The van der Waals surface area contributed by atoms with Gasteiger partial charge in [0.05, 0.1) is 0 Å². The van der Waals surface area contributed by atoms with E-state index in [-0.39, 0.29) is 6.61 Å². The highest BCUT2D eigenvalue weighted by Crippen LogP contribution is 2.28. The van der Waals surface area contributed by atoms with Crippen molar-refractivity contribution in [1.29, 1.82) is 0 Å². The van der Waals surface area contributed by atoms with E-state index < -0.39 is 0 Å². The number of likely N-dealkylation sites (tertiary alicyclic amines) is 1. The van der Waals surface area contributed by atoms with E-state index in [1.54, 1.807) is 0 Å². The number of rotatable bonds is 2. The fraction of sp³-hybridized carbons (Fsp3) is 0.909. The third-order valence-electron chi connectivity index (χ3n) is 3.56. The zero-order chi connectivity index (χ0) is 9.97. The monoisotopic (exact) mass is 197 g/mol. The molecule has 1 aliphatic carbocycles. The van der Waals surface area contributed by atoms with Crippen molar-refractivity contribution in [2.24, 2.45) is 11.8 Å². The predicted molar refractivity (Wildman–Crippen MR) is 53.7 cm³/mol. The summed E-state index contributed by atoms with van der Waals surface area (Å²) in [6, 6.07) is 0. The Kier molecular flexibility index (Phi) is 3.06. The zero-order valence-corrected chi connectivity index (χ0v) is 8.61. The third-order valence-corrected chi connectivity index (χ3v) is 3.56. The molecule has 0 aromatic carbocycles. The molecule has 80 valence electrons. The SMILES string of the molecule is O=C(C1CCCC1)N1CC[C@@H](CO)C1. The summed E-state index contributed by atoms with van der Waals surface area (Å²) in [5.41, 5.74) is 0. The maximum absolute atomic E-state index is 12.0. The van der Waals surface area contributed by atoms with Crippen molar-refractivity contribution in [3.05, 3.63) is 0 Å². The molecule has 3 heteroatoms. The Morgan fingerprint density at radius 3 is 2.57 bits per heavy atom. The minimum atomic E-state index is 0.231. The van der Waals surface area contributed by atoms with Crippen LogP contribution in [0.1, 0.15) is 32.1 Å². The second kappa shape index (κ2) is 4.30. The highest BCUT2D eigenvalue weighted by atomic mass is 16.3. The van der Waals surface area contributed by atoms with Gasteiger partial charge < -0.3 is 10.0 Å². The number of hydrogen-bond donors (Lipinski definition) is 1. The summed E-state index contributed by atoms with van der Waals surface area (Å²) in [5, 5.41) is 8.99. The molecule has 14 heavy (non-hydrogen) atoms. The van der Waals surface area contributed by atoms with Crippen molar-refractivity contribution in [3.63, 3.8) is 0 Å². The molecule has 0 radical (unpaired) electrons. The lowest BCUT2D eigenvalue weighted by molar-refractivity contribution is -0.134. The first kappa shape index (κ1) is 9.97. The first-order valence-electron chi connectivity index (χ1n) is 5.71. The number of carbonyl (C=O) groups is 1. The number of aliphatic hydroxyl groups is 1. The third kappa shape index (κ3) is 1.92. The number of amides is 1. The molecular formula is C11H19NO2. The molecule has 1 saturated carbocycles. The average molecular weight is 197 g/mol. The lowest BCUT2D eigenvalue weighted by atomic mass is 10.1. The van der Waals surface area contributed by atoms with Gasteiger partial charge in [-0.05, 0) is 19.3 Å². The van der Waals surface area contributed by atoms with E-state index in [4.69, 9.17) is 5.11 Å². The van der Waals surface area contributed by atoms with Gasteiger partial charge in [0.15, 0.2) is 0 Å². The van der Waals surface area contributed by atoms with Gasteiger partial charge in [0, 0.05) is 31.5 Å². The van der Waals surface area contributed by atoms with Crippen LogP contribution in [0.3, 0.4) is 0 Å². The van der Waals surface area contributed by atoms with Gasteiger partial charge in [-0.15, -0.1) is 0 Å². The Labute approximate surface area is 85.1 Å². The van der Waals surface area contributed by atoms with Crippen molar-refractivity contribution in [2.45, 2.75) is 32.1 Å². The minimum Gasteiger partial charge on any atom is -0.396 e. The van der Waals surface area contributed by atoms with Crippen molar-refractivity contribution < 1.29 is 9.90 Å². The smallest absolute Gasteiger partial charge is 0.225 e. The van der Waals surface area contributed by atoms with Crippen LogP contribution in [0.15, 0.2) is 0 Å². The van der Waals surface area contributed by atoms with E-state index in [0.29, 0.717) is 17.7 Å². The number of hydrogen-bond acceptors (Lipinski definition) is 2. The Hall–Kier alpha value is -0.570. The molecule has 1 amide bonds. The largest absolute Gasteiger partial charge is 0.396 e. The predicted octanol–water partition coefficient (Wildman–Crippen LogP) is 1.02. The summed E-state index contributed by atoms with van der Waals surface area (Å²) in [6.45, 7) is 1.88. The summed E-state index contributed by atoms with van der Waals surface area (Å²) in [7, 11) is 0. The van der Waals surface area contributed by atoms with Crippen LogP contribution in [0.25, 0.3) is 0 Å². The van der Waals surface area contributed by atoms with Gasteiger partial charge in [0.1, 0.15) is 0 Å². The molecule has 0 aromatic rings. The van der Waals surface area contributed by atoms with E-state index >= 15 is 0 Å². The van der Waals surface area contributed by atoms with Crippen LogP contribution in [-0.2, 0) is 4.79 Å². The van der Waals surface area contributed by atoms with E-state index in [9.17, 15) is 4.79 Å². The quantitative estimate of drug-likeness (QED) is 0.718. The molecule has 1 saturated heterocycles. The topological polar surface area (TPSA) is 40.5 Å². The highest BCUT2D eigenvalue weighted by Gasteiger charge is 2.31. The van der Waals surface area contributed by atoms with Crippen LogP contribution in [0, 0.1) is 11.8 Å². The van der Waals surface area contributed by atoms with E-state index in [1.807, 2.05) is 4.90 Å². The summed E-state index contributed by atoms with van der Waals surface area (Å²) in [4.78, 5) is 13.9. The van der Waals surface area contributed by atoms with Crippen molar-refractivity contribution in [2.75, 3.05) is 19.7 Å². The zero-order valence-electron chi connectivity index (χ0n) is 8.61. The Morgan fingerprint density at radius 2 is 2.00 bits per heavy atom. The molecule has 3 nitrogen and oxygen atoms in total. The van der Waals surface area contributed by atoms with Crippen molar-refractivity contribution in [3.8, 4) is 0 Å². The lowest BCUT2D eigenvalue weighted by Gasteiger charge is -2.20. The van der Waals surface area contributed by atoms with Gasteiger partial charge >= 0.3 is 0 Å². The van der Waals surface area contributed by atoms with Crippen LogP contribution in [0.2, 0.25) is 0 Å². The molecule has 2 fully saturated rings. The molecule has 0 aromatic heterocycles. The van der Waals surface area contributed by atoms with Gasteiger partial charge in [0.25, 0.3) is 0 Å². The normalized spacial score (nSPS) is 28.6. The van der Waals surface area contributed by atoms with Crippen LogP contribution < -0.4 is 0 Å². The van der Waals surface area contributed by atoms with Gasteiger partial charge in [0.2, 0.25) is 5.91 Å². The molecular weight excluding hydrogens is 178 g/mol.